The SMILES string of the molecule is CN1C(=O)CN(CC2CCNCC2)c2ccccc21. The molecule has 0 unspecified atom stereocenters. The second-order valence-corrected chi connectivity index (χ2v) is 5.52. The largest absolute Gasteiger partial charge is 0.360 e. The van der Waals surface area contributed by atoms with Gasteiger partial charge in [-0.2, -0.15) is 0 Å². The van der Waals surface area contributed by atoms with E-state index in [1.807, 2.05) is 19.2 Å². The molecule has 0 radical (unpaired) electrons. The molecule has 1 saturated heterocycles. The Morgan fingerprint density at radius 3 is 2.63 bits per heavy atom. The standard InChI is InChI=1S/C15H21N3O/c1-17-13-4-2-3-5-14(13)18(11-15(17)19)10-12-6-8-16-9-7-12/h2-5,12,16H,6-11H2,1H3. The Labute approximate surface area is 114 Å². The predicted octanol–water partition coefficient (Wildman–Crippen LogP) is 1.47. The summed E-state index contributed by atoms with van der Waals surface area (Å²) < 4.78 is 0. The molecule has 4 nitrogen and oxygen atoms in total. The Bertz CT molecular complexity index is 468. The average Bonchev–Trinajstić information content (AvgIpc) is 2.46. The number of hydrogen-bond donors (Lipinski definition) is 1. The molecule has 102 valence electrons. The first-order valence-corrected chi connectivity index (χ1v) is 7.07. The van der Waals surface area contributed by atoms with Gasteiger partial charge in [-0.25, -0.2) is 0 Å². The summed E-state index contributed by atoms with van der Waals surface area (Å²) in [4.78, 5) is 16.1. The Hall–Kier alpha value is -1.55. The maximum atomic E-state index is 12.1. The van der Waals surface area contributed by atoms with Gasteiger partial charge in [0.25, 0.3) is 0 Å². The van der Waals surface area contributed by atoms with Crippen molar-refractivity contribution in [1.29, 1.82) is 0 Å². The van der Waals surface area contributed by atoms with Gasteiger partial charge in [0, 0.05) is 13.6 Å². The van der Waals surface area contributed by atoms with Gasteiger partial charge >= 0.3 is 0 Å². The highest BCUT2D eigenvalue weighted by molar-refractivity contribution is 6.02. The molecule has 0 aliphatic carbocycles. The molecule has 1 aromatic carbocycles. The zero-order valence-electron chi connectivity index (χ0n) is 11.4. The van der Waals surface area contributed by atoms with Crippen LogP contribution in [0, 0.1) is 5.92 Å². The monoisotopic (exact) mass is 259 g/mol. The Kier molecular flexibility index (Phi) is 3.42. The minimum Gasteiger partial charge on any atom is -0.360 e. The predicted molar refractivity (Wildman–Crippen MR) is 77.7 cm³/mol. The van der Waals surface area contributed by atoms with E-state index < -0.39 is 0 Å². The zero-order valence-corrected chi connectivity index (χ0v) is 11.4. The Balaban J connectivity index is 1.81. The third kappa shape index (κ3) is 2.45. The highest BCUT2D eigenvalue weighted by Crippen LogP contribution is 2.33. The smallest absolute Gasteiger partial charge is 0.246 e. The van der Waals surface area contributed by atoms with Crippen LogP contribution in [0.1, 0.15) is 12.8 Å². The van der Waals surface area contributed by atoms with Crippen molar-refractivity contribution in [2.24, 2.45) is 5.92 Å². The van der Waals surface area contributed by atoms with Crippen LogP contribution < -0.4 is 15.1 Å². The number of carbonyl (C=O) groups is 1. The van der Waals surface area contributed by atoms with Gasteiger partial charge in [-0.1, -0.05) is 12.1 Å². The number of amides is 1. The topological polar surface area (TPSA) is 35.6 Å². The molecular formula is C15H21N3O. The molecule has 0 saturated carbocycles. The Morgan fingerprint density at radius 2 is 1.89 bits per heavy atom. The first-order valence-electron chi connectivity index (χ1n) is 7.07. The first-order chi connectivity index (χ1) is 9.25. The van der Waals surface area contributed by atoms with E-state index in [4.69, 9.17) is 0 Å². The van der Waals surface area contributed by atoms with Crippen molar-refractivity contribution in [2.45, 2.75) is 12.8 Å². The number of carbonyl (C=O) groups excluding carboxylic acids is 1. The summed E-state index contributed by atoms with van der Waals surface area (Å²) in [5, 5.41) is 3.39. The summed E-state index contributed by atoms with van der Waals surface area (Å²) in [7, 11) is 1.86. The van der Waals surface area contributed by atoms with Crippen LogP contribution in [0.15, 0.2) is 24.3 Å². The number of nitrogens with zero attached hydrogens (tertiary/aromatic N) is 2. The van der Waals surface area contributed by atoms with Crippen LogP contribution in [0.5, 0.6) is 0 Å². The van der Waals surface area contributed by atoms with E-state index in [-0.39, 0.29) is 5.91 Å². The third-order valence-corrected chi connectivity index (χ3v) is 4.22. The number of hydrogen-bond acceptors (Lipinski definition) is 3. The lowest BCUT2D eigenvalue weighted by Crippen LogP contribution is -2.46. The first kappa shape index (κ1) is 12.5. The number of benzene rings is 1. The quantitative estimate of drug-likeness (QED) is 0.873. The molecule has 0 atom stereocenters. The van der Waals surface area contributed by atoms with Crippen LogP contribution in [0.25, 0.3) is 0 Å². The molecule has 1 fully saturated rings. The number of nitrogens with one attached hydrogen (secondary N) is 1. The zero-order chi connectivity index (χ0) is 13.2. The van der Waals surface area contributed by atoms with Crippen molar-refractivity contribution in [3.05, 3.63) is 24.3 Å². The fourth-order valence-corrected chi connectivity index (χ4v) is 3.04. The van der Waals surface area contributed by atoms with Crippen molar-refractivity contribution in [1.82, 2.24) is 5.32 Å². The number of rotatable bonds is 2. The molecule has 0 spiro atoms. The van der Waals surface area contributed by atoms with Crippen molar-refractivity contribution < 1.29 is 4.79 Å². The second kappa shape index (κ2) is 5.21. The lowest BCUT2D eigenvalue weighted by atomic mass is 9.96. The summed E-state index contributed by atoms with van der Waals surface area (Å²) in [6.45, 7) is 3.72. The van der Waals surface area contributed by atoms with E-state index in [1.165, 1.54) is 18.5 Å². The van der Waals surface area contributed by atoms with Gasteiger partial charge in [-0.3, -0.25) is 4.79 Å². The molecule has 4 heteroatoms. The maximum Gasteiger partial charge on any atom is 0.246 e. The van der Waals surface area contributed by atoms with E-state index in [1.54, 1.807) is 4.90 Å². The molecule has 0 aromatic heterocycles. The molecule has 1 aromatic rings. The summed E-state index contributed by atoms with van der Waals surface area (Å²) in [5.74, 6) is 0.887. The Morgan fingerprint density at radius 1 is 1.21 bits per heavy atom. The number of para-hydroxylation sites is 2. The van der Waals surface area contributed by atoms with E-state index >= 15 is 0 Å². The minimum atomic E-state index is 0.188. The maximum absolute atomic E-state index is 12.1. The fraction of sp³-hybridized carbons (Fsp3) is 0.533. The number of fused-ring (bicyclic) bond motifs is 1. The summed E-state index contributed by atoms with van der Waals surface area (Å²) >= 11 is 0. The van der Waals surface area contributed by atoms with Crippen molar-refractivity contribution in [3.8, 4) is 0 Å². The summed E-state index contributed by atoms with van der Waals surface area (Å²) in [6, 6.07) is 8.20. The molecule has 2 heterocycles. The van der Waals surface area contributed by atoms with Crippen molar-refractivity contribution in [2.75, 3.05) is 43.0 Å². The van der Waals surface area contributed by atoms with Crippen LogP contribution in [-0.2, 0) is 4.79 Å². The summed E-state index contributed by atoms with van der Waals surface area (Å²) in [5.41, 5.74) is 2.23. The van der Waals surface area contributed by atoms with Gasteiger partial charge in [0.15, 0.2) is 0 Å². The molecule has 1 amide bonds. The minimum absolute atomic E-state index is 0.188. The molecule has 19 heavy (non-hydrogen) atoms. The molecule has 0 bridgehead atoms. The van der Waals surface area contributed by atoms with Gasteiger partial charge < -0.3 is 15.1 Å². The molecule has 3 rings (SSSR count). The van der Waals surface area contributed by atoms with E-state index in [0.29, 0.717) is 12.5 Å². The lowest BCUT2D eigenvalue weighted by molar-refractivity contribution is -0.117. The molecule has 2 aliphatic rings. The van der Waals surface area contributed by atoms with Crippen LogP contribution >= 0.6 is 0 Å². The van der Waals surface area contributed by atoms with Crippen LogP contribution in [0.3, 0.4) is 0 Å². The van der Waals surface area contributed by atoms with Gasteiger partial charge in [0.1, 0.15) is 0 Å². The number of piperidine rings is 1. The van der Waals surface area contributed by atoms with Crippen LogP contribution in [0.4, 0.5) is 11.4 Å². The normalized spacial score (nSPS) is 20.6. The van der Waals surface area contributed by atoms with Crippen LogP contribution in [0.2, 0.25) is 0 Å². The highest BCUT2D eigenvalue weighted by Gasteiger charge is 2.28. The van der Waals surface area contributed by atoms with Crippen molar-refractivity contribution >= 4 is 17.3 Å². The van der Waals surface area contributed by atoms with Gasteiger partial charge in [-0.15, -0.1) is 0 Å². The van der Waals surface area contributed by atoms with Gasteiger partial charge in [0.2, 0.25) is 5.91 Å². The molecular weight excluding hydrogens is 238 g/mol. The fourth-order valence-electron chi connectivity index (χ4n) is 3.04. The van der Waals surface area contributed by atoms with Crippen molar-refractivity contribution in [3.63, 3.8) is 0 Å². The second-order valence-electron chi connectivity index (χ2n) is 5.52. The number of likely N-dealkylation sites (N-methyl/N-ethyl adjacent to an activating group) is 1. The van der Waals surface area contributed by atoms with Gasteiger partial charge in [0.05, 0.1) is 17.9 Å². The average molecular weight is 259 g/mol. The number of anilines is 2. The molecule has 1 N–H and O–H groups in total. The van der Waals surface area contributed by atoms with Crippen LogP contribution in [-0.4, -0.2) is 39.1 Å². The highest BCUT2D eigenvalue weighted by atomic mass is 16.2. The third-order valence-electron chi connectivity index (χ3n) is 4.22. The van der Waals surface area contributed by atoms with E-state index in [0.717, 1.165) is 25.3 Å². The van der Waals surface area contributed by atoms with E-state index in [2.05, 4.69) is 22.3 Å². The lowest BCUT2D eigenvalue weighted by Gasteiger charge is -2.38. The molecule has 2 aliphatic heterocycles. The van der Waals surface area contributed by atoms with E-state index in [9.17, 15) is 4.79 Å². The van der Waals surface area contributed by atoms with Gasteiger partial charge in [-0.05, 0) is 44.0 Å². The summed E-state index contributed by atoms with van der Waals surface area (Å²) in [6.07, 6.45) is 2.42.